The van der Waals surface area contributed by atoms with Crippen molar-refractivity contribution >= 4 is 16.0 Å². The van der Waals surface area contributed by atoms with E-state index in [9.17, 15) is 18.3 Å². The fourth-order valence-electron chi connectivity index (χ4n) is 1.99. The Hall–Kier alpha value is -2.69. The van der Waals surface area contributed by atoms with Crippen molar-refractivity contribution in [1.29, 1.82) is 5.26 Å². The lowest BCUT2D eigenvalue weighted by molar-refractivity contribution is -0.138. The predicted molar refractivity (Wildman–Crippen MR) is 83.0 cm³/mol. The number of rotatable bonds is 6. The van der Waals surface area contributed by atoms with Crippen LogP contribution in [0, 0.1) is 11.3 Å². The Balaban J connectivity index is 2.21. The van der Waals surface area contributed by atoms with Crippen LogP contribution in [0.15, 0.2) is 59.5 Å². The van der Waals surface area contributed by atoms with Gasteiger partial charge in [0, 0.05) is 0 Å². The first-order chi connectivity index (χ1) is 10.9. The van der Waals surface area contributed by atoms with Gasteiger partial charge in [-0.2, -0.15) is 9.98 Å². The number of sulfonamides is 1. The molecular formula is C16H14N2O4S. The van der Waals surface area contributed by atoms with Gasteiger partial charge >= 0.3 is 5.97 Å². The molecule has 0 aliphatic rings. The smallest absolute Gasteiger partial charge is 0.322 e. The number of carboxylic acids is 1. The molecule has 0 saturated carbocycles. The molecule has 6 nitrogen and oxygen atoms in total. The normalized spacial score (nSPS) is 12.3. The van der Waals surface area contributed by atoms with Crippen LogP contribution in [0.5, 0.6) is 0 Å². The molecule has 0 heterocycles. The third-order valence-electron chi connectivity index (χ3n) is 3.17. The monoisotopic (exact) mass is 330 g/mol. The van der Waals surface area contributed by atoms with Gasteiger partial charge in [0.25, 0.3) is 0 Å². The van der Waals surface area contributed by atoms with E-state index < -0.39 is 22.0 Å². The topological polar surface area (TPSA) is 107 Å². The van der Waals surface area contributed by atoms with Gasteiger partial charge in [-0.3, -0.25) is 4.79 Å². The summed E-state index contributed by atoms with van der Waals surface area (Å²) < 4.78 is 26.7. The largest absolute Gasteiger partial charge is 0.480 e. The van der Waals surface area contributed by atoms with Crippen LogP contribution < -0.4 is 4.72 Å². The summed E-state index contributed by atoms with van der Waals surface area (Å²) in [7, 11) is -3.99. The molecule has 0 aliphatic heterocycles. The van der Waals surface area contributed by atoms with Crippen LogP contribution in [0.4, 0.5) is 0 Å². The third-order valence-corrected chi connectivity index (χ3v) is 4.66. The Bertz CT molecular complexity index is 825. The van der Waals surface area contributed by atoms with E-state index in [1.807, 2.05) is 6.07 Å². The van der Waals surface area contributed by atoms with Crippen molar-refractivity contribution in [3.8, 4) is 6.07 Å². The van der Waals surface area contributed by atoms with Crippen molar-refractivity contribution < 1.29 is 18.3 Å². The number of carbonyl (C=O) groups is 1. The molecule has 0 bridgehead atoms. The lowest BCUT2D eigenvalue weighted by atomic mass is 10.1. The fourth-order valence-corrected chi connectivity index (χ4v) is 3.18. The fraction of sp³-hybridized carbons (Fsp3) is 0.125. The average Bonchev–Trinajstić information content (AvgIpc) is 2.55. The summed E-state index contributed by atoms with van der Waals surface area (Å²) in [6.45, 7) is 0. The maximum Gasteiger partial charge on any atom is 0.322 e. The number of hydrogen-bond acceptors (Lipinski definition) is 4. The van der Waals surface area contributed by atoms with Crippen molar-refractivity contribution in [1.82, 2.24) is 4.72 Å². The Morgan fingerprint density at radius 1 is 1.13 bits per heavy atom. The molecule has 2 N–H and O–H groups in total. The Labute approximate surface area is 134 Å². The van der Waals surface area contributed by atoms with Crippen LogP contribution >= 0.6 is 0 Å². The van der Waals surface area contributed by atoms with Gasteiger partial charge in [-0.05, 0) is 36.2 Å². The summed E-state index contributed by atoms with van der Waals surface area (Å²) in [4.78, 5) is 11.3. The quantitative estimate of drug-likeness (QED) is 0.835. The van der Waals surface area contributed by atoms with E-state index >= 15 is 0 Å². The zero-order chi connectivity index (χ0) is 16.9. The van der Waals surface area contributed by atoms with E-state index in [1.54, 1.807) is 30.3 Å². The van der Waals surface area contributed by atoms with Crippen molar-refractivity contribution in [2.75, 3.05) is 0 Å². The molecular weight excluding hydrogens is 316 g/mol. The molecule has 23 heavy (non-hydrogen) atoms. The van der Waals surface area contributed by atoms with Gasteiger partial charge in [-0.1, -0.05) is 30.3 Å². The molecule has 2 aromatic rings. The molecule has 2 rings (SSSR count). The average molecular weight is 330 g/mol. The van der Waals surface area contributed by atoms with Crippen LogP contribution in [0.25, 0.3) is 0 Å². The van der Waals surface area contributed by atoms with Crippen molar-refractivity contribution in [3.63, 3.8) is 0 Å². The molecule has 0 spiro atoms. The summed E-state index contributed by atoms with van der Waals surface area (Å²) in [5, 5.41) is 18.0. The van der Waals surface area contributed by atoms with Gasteiger partial charge in [0.2, 0.25) is 10.0 Å². The van der Waals surface area contributed by atoms with E-state index in [-0.39, 0.29) is 11.3 Å². The molecule has 118 valence electrons. The zero-order valence-electron chi connectivity index (χ0n) is 12.0. The van der Waals surface area contributed by atoms with E-state index in [2.05, 4.69) is 4.72 Å². The molecule has 1 atom stereocenters. The minimum Gasteiger partial charge on any atom is -0.480 e. The number of hydrogen-bond donors (Lipinski definition) is 2. The highest BCUT2D eigenvalue weighted by Crippen LogP contribution is 2.12. The summed E-state index contributed by atoms with van der Waals surface area (Å²) in [5.74, 6) is -1.26. The minimum absolute atomic E-state index is 0.0334. The molecule has 2 aromatic carbocycles. The Morgan fingerprint density at radius 3 is 2.26 bits per heavy atom. The second-order valence-electron chi connectivity index (χ2n) is 4.84. The standard InChI is InChI=1S/C16H14N2O4S/c17-11-13-6-8-14(9-7-13)23(21,22)18-15(16(19)20)10-12-4-2-1-3-5-12/h1-9,15,18H,10H2,(H,19,20)/t15-/m0/s1. The summed E-state index contributed by atoms with van der Waals surface area (Å²) in [5.41, 5.74) is 1.03. The maximum absolute atomic E-state index is 12.3. The predicted octanol–water partition coefficient (Wildman–Crippen LogP) is 1.53. The maximum atomic E-state index is 12.3. The minimum atomic E-state index is -3.99. The Kier molecular flexibility index (Phi) is 5.11. The second kappa shape index (κ2) is 7.05. The number of nitriles is 1. The first-order valence-corrected chi connectivity index (χ1v) is 8.20. The van der Waals surface area contributed by atoms with E-state index in [1.165, 1.54) is 24.3 Å². The van der Waals surface area contributed by atoms with Crippen molar-refractivity contribution in [2.24, 2.45) is 0 Å². The van der Waals surface area contributed by atoms with Gasteiger partial charge in [0.1, 0.15) is 6.04 Å². The number of nitrogens with one attached hydrogen (secondary N) is 1. The summed E-state index contributed by atoms with van der Waals surface area (Å²) in [6.07, 6.45) is 0.0334. The number of benzene rings is 2. The van der Waals surface area contributed by atoms with E-state index in [0.29, 0.717) is 11.1 Å². The molecule has 0 aromatic heterocycles. The third kappa shape index (κ3) is 4.39. The first kappa shape index (κ1) is 16.7. The van der Waals surface area contributed by atoms with Crippen LogP contribution in [0.3, 0.4) is 0 Å². The molecule has 0 saturated heterocycles. The van der Waals surface area contributed by atoms with Gasteiger partial charge in [0.05, 0.1) is 16.5 Å². The number of nitrogens with zero attached hydrogens (tertiary/aromatic N) is 1. The summed E-state index contributed by atoms with van der Waals surface area (Å²) >= 11 is 0. The number of aliphatic carboxylic acids is 1. The highest BCUT2D eigenvalue weighted by Gasteiger charge is 2.25. The van der Waals surface area contributed by atoms with Gasteiger partial charge < -0.3 is 5.11 Å². The van der Waals surface area contributed by atoms with E-state index in [0.717, 1.165) is 0 Å². The SMILES string of the molecule is N#Cc1ccc(S(=O)(=O)N[C@@H](Cc2ccccc2)C(=O)O)cc1. The van der Waals surface area contributed by atoms with Gasteiger partial charge in [0.15, 0.2) is 0 Å². The zero-order valence-corrected chi connectivity index (χ0v) is 12.8. The van der Waals surface area contributed by atoms with Crippen LogP contribution in [-0.2, 0) is 21.2 Å². The molecule has 0 radical (unpaired) electrons. The van der Waals surface area contributed by atoms with Gasteiger partial charge in [-0.25, -0.2) is 8.42 Å². The highest BCUT2D eigenvalue weighted by atomic mass is 32.2. The van der Waals surface area contributed by atoms with Crippen molar-refractivity contribution in [3.05, 3.63) is 65.7 Å². The molecule has 0 unspecified atom stereocenters. The molecule has 7 heteroatoms. The second-order valence-corrected chi connectivity index (χ2v) is 6.55. The lowest BCUT2D eigenvalue weighted by Gasteiger charge is -2.15. The van der Waals surface area contributed by atoms with Gasteiger partial charge in [-0.15, -0.1) is 0 Å². The molecule has 0 fully saturated rings. The highest BCUT2D eigenvalue weighted by molar-refractivity contribution is 7.89. The Morgan fingerprint density at radius 2 is 1.74 bits per heavy atom. The van der Waals surface area contributed by atoms with Crippen molar-refractivity contribution in [2.45, 2.75) is 17.4 Å². The van der Waals surface area contributed by atoms with Crippen LogP contribution in [0.1, 0.15) is 11.1 Å². The van der Waals surface area contributed by atoms with Crippen LogP contribution in [0.2, 0.25) is 0 Å². The molecule has 0 aliphatic carbocycles. The van der Waals surface area contributed by atoms with E-state index in [4.69, 9.17) is 5.26 Å². The first-order valence-electron chi connectivity index (χ1n) is 6.71. The van der Waals surface area contributed by atoms with Crippen LogP contribution in [-0.4, -0.2) is 25.5 Å². The summed E-state index contributed by atoms with van der Waals surface area (Å²) in [6, 6.07) is 14.6. The number of carboxylic acid groups (broad SMARTS) is 1. The lowest BCUT2D eigenvalue weighted by Crippen LogP contribution is -2.42. The molecule has 0 amide bonds.